The van der Waals surface area contributed by atoms with Gasteiger partial charge in [0.15, 0.2) is 0 Å². The Bertz CT molecular complexity index is 240. The Morgan fingerprint density at radius 3 is 2.05 bits per heavy atom. The highest BCUT2D eigenvalue weighted by atomic mass is 15.1. The molecular weight excluding hydrogens is 244 g/mol. The van der Waals surface area contributed by atoms with Gasteiger partial charge in [-0.25, -0.2) is 0 Å². The van der Waals surface area contributed by atoms with Crippen LogP contribution in [0, 0.1) is 11.3 Å². The van der Waals surface area contributed by atoms with Gasteiger partial charge in [0.25, 0.3) is 0 Å². The molecule has 0 heterocycles. The van der Waals surface area contributed by atoms with Crippen LogP contribution in [0.3, 0.4) is 0 Å². The summed E-state index contributed by atoms with van der Waals surface area (Å²) in [4.78, 5) is 2.71. The molecule has 1 aliphatic carbocycles. The summed E-state index contributed by atoms with van der Waals surface area (Å²) in [5.41, 5.74) is 0.477. The Labute approximate surface area is 127 Å². The fourth-order valence-corrected chi connectivity index (χ4v) is 3.12. The number of hydrogen-bond donors (Lipinski definition) is 1. The Balaban J connectivity index is 2.54. The quantitative estimate of drug-likeness (QED) is 0.574. The van der Waals surface area contributed by atoms with Gasteiger partial charge in [-0.2, -0.15) is 0 Å². The van der Waals surface area contributed by atoms with Gasteiger partial charge >= 0.3 is 0 Å². The lowest BCUT2D eigenvalue weighted by Crippen LogP contribution is -2.45. The molecule has 0 spiro atoms. The van der Waals surface area contributed by atoms with Crippen LogP contribution >= 0.6 is 0 Å². The summed E-state index contributed by atoms with van der Waals surface area (Å²) < 4.78 is 0. The predicted octanol–water partition coefficient (Wildman–Crippen LogP) is 4.30. The van der Waals surface area contributed by atoms with Gasteiger partial charge in [-0.3, -0.25) is 0 Å². The van der Waals surface area contributed by atoms with E-state index >= 15 is 0 Å². The first-order chi connectivity index (χ1) is 9.62. The maximum atomic E-state index is 3.78. The SMILES string of the molecule is CCC(CC)CN(CC)CC(CC)(CC)CNC1CC1. The van der Waals surface area contributed by atoms with Crippen molar-refractivity contribution in [3.63, 3.8) is 0 Å². The molecule has 2 heteroatoms. The lowest BCUT2D eigenvalue weighted by Gasteiger charge is -2.38. The van der Waals surface area contributed by atoms with Crippen LogP contribution in [-0.2, 0) is 0 Å². The summed E-state index contributed by atoms with van der Waals surface area (Å²) in [5, 5.41) is 3.78. The van der Waals surface area contributed by atoms with E-state index in [0.717, 1.165) is 12.0 Å². The molecule has 0 atom stereocenters. The van der Waals surface area contributed by atoms with E-state index in [9.17, 15) is 0 Å². The van der Waals surface area contributed by atoms with Crippen LogP contribution in [0.25, 0.3) is 0 Å². The highest BCUT2D eigenvalue weighted by Crippen LogP contribution is 2.29. The molecule has 120 valence electrons. The standard InChI is InChI=1S/C18H38N2/c1-6-16(7-2)13-20(10-5)15-18(8-3,9-4)14-19-17-11-12-17/h16-17,19H,6-15H2,1-5H3. The van der Waals surface area contributed by atoms with Crippen LogP contribution < -0.4 is 5.32 Å². The minimum atomic E-state index is 0.477. The van der Waals surface area contributed by atoms with Crippen molar-refractivity contribution < 1.29 is 0 Å². The smallest absolute Gasteiger partial charge is 0.00684 e. The maximum Gasteiger partial charge on any atom is 0.00684 e. The zero-order valence-electron chi connectivity index (χ0n) is 14.7. The highest BCUT2D eigenvalue weighted by Gasteiger charge is 2.31. The Morgan fingerprint density at radius 2 is 1.65 bits per heavy atom. The Morgan fingerprint density at radius 1 is 1.05 bits per heavy atom. The van der Waals surface area contributed by atoms with E-state index in [0.29, 0.717) is 5.41 Å². The Hall–Kier alpha value is -0.0800. The van der Waals surface area contributed by atoms with Crippen LogP contribution in [0.2, 0.25) is 0 Å². The van der Waals surface area contributed by atoms with Crippen molar-refractivity contribution in [2.45, 2.75) is 79.2 Å². The molecule has 20 heavy (non-hydrogen) atoms. The van der Waals surface area contributed by atoms with Crippen molar-refractivity contribution in [2.75, 3.05) is 26.2 Å². The molecule has 1 rings (SSSR count). The lowest BCUT2D eigenvalue weighted by molar-refractivity contribution is 0.121. The van der Waals surface area contributed by atoms with Gasteiger partial charge in [-0.1, -0.05) is 47.5 Å². The van der Waals surface area contributed by atoms with E-state index in [4.69, 9.17) is 0 Å². The second kappa shape index (κ2) is 9.04. The van der Waals surface area contributed by atoms with Crippen LogP contribution in [0.4, 0.5) is 0 Å². The van der Waals surface area contributed by atoms with E-state index in [-0.39, 0.29) is 0 Å². The normalized spacial score (nSPS) is 16.4. The van der Waals surface area contributed by atoms with E-state index < -0.39 is 0 Å². The summed E-state index contributed by atoms with van der Waals surface area (Å²) in [6.45, 7) is 16.7. The van der Waals surface area contributed by atoms with Crippen molar-refractivity contribution in [1.82, 2.24) is 10.2 Å². The van der Waals surface area contributed by atoms with Crippen LogP contribution in [0.1, 0.15) is 73.1 Å². The third-order valence-electron chi connectivity index (χ3n) is 5.52. The van der Waals surface area contributed by atoms with Gasteiger partial charge in [0.05, 0.1) is 0 Å². The molecule has 0 radical (unpaired) electrons. The van der Waals surface area contributed by atoms with E-state index in [1.165, 1.54) is 64.7 Å². The molecular formula is C18H38N2. The second-order valence-electron chi connectivity index (χ2n) is 6.87. The van der Waals surface area contributed by atoms with Gasteiger partial charge < -0.3 is 10.2 Å². The van der Waals surface area contributed by atoms with Crippen molar-refractivity contribution in [3.8, 4) is 0 Å². The van der Waals surface area contributed by atoms with Crippen LogP contribution in [-0.4, -0.2) is 37.1 Å². The van der Waals surface area contributed by atoms with E-state index in [2.05, 4.69) is 44.8 Å². The molecule has 1 aliphatic rings. The summed E-state index contributed by atoms with van der Waals surface area (Å²) in [6.07, 6.45) is 8.02. The molecule has 1 fully saturated rings. The molecule has 0 unspecified atom stereocenters. The zero-order chi connectivity index (χ0) is 15.0. The van der Waals surface area contributed by atoms with Crippen LogP contribution in [0.5, 0.6) is 0 Å². The molecule has 0 aromatic rings. The summed E-state index contributed by atoms with van der Waals surface area (Å²) in [7, 11) is 0. The topological polar surface area (TPSA) is 15.3 Å². The van der Waals surface area contributed by atoms with Gasteiger partial charge in [0.2, 0.25) is 0 Å². The first-order valence-corrected chi connectivity index (χ1v) is 9.08. The van der Waals surface area contributed by atoms with Crippen molar-refractivity contribution in [3.05, 3.63) is 0 Å². The fraction of sp³-hybridized carbons (Fsp3) is 1.00. The average Bonchev–Trinajstić information content (AvgIpc) is 3.31. The number of rotatable bonds is 12. The number of nitrogens with zero attached hydrogens (tertiary/aromatic N) is 1. The van der Waals surface area contributed by atoms with Gasteiger partial charge in [0.1, 0.15) is 0 Å². The summed E-state index contributed by atoms with van der Waals surface area (Å²) >= 11 is 0. The van der Waals surface area contributed by atoms with Gasteiger partial charge in [-0.15, -0.1) is 0 Å². The molecule has 0 aromatic carbocycles. The molecule has 1 N–H and O–H groups in total. The first-order valence-electron chi connectivity index (χ1n) is 9.08. The Kier molecular flexibility index (Phi) is 8.13. The molecule has 0 bridgehead atoms. The van der Waals surface area contributed by atoms with Gasteiger partial charge in [0, 0.05) is 25.7 Å². The monoisotopic (exact) mass is 282 g/mol. The lowest BCUT2D eigenvalue weighted by atomic mass is 9.81. The fourth-order valence-electron chi connectivity index (χ4n) is 3.12. The van der Waals surface area contributed by atoms with Crippen molar-refractivity contribution in [2.24, 2.45) is 11.3 Å². The largest absolute Gasteiger partial charge is 0.313 e. The summed E-state index contributed by atoms with van der Waals surface area (Å²) in [6, 6.07) is 0.835. The third-order valence-corrected chi connectivity index (χ3v) is 5.52. The van der Waals surface area contributed by atoms with E-state index in [1.807, 2.05) is 0 Å². The second-order valence-corrected chi connectivity index (χ2v) is 6.87. The maximum absolute atomic E-state index is 3.78. The molecule has 0 aliphatic heterocycles. The van der Waals surface area contributed by atoms with Crippen molar-refractivity contribution in [1.29, 1.82) is 0 Å². The summed E-state index contributed by atoms with van der Waals surface area (Å²) in [5.74, 6) is 0.873. The molecule has 2 nitrogen and oxygen atoms in total. The minimum absolute atomic E-state index is 0.477. The van der Waals surface area contributed by atoms with Crippen LogP contribution in [0.15, 0.2) is 0 Å². The molecule has 0 aromatic heterocycles. The highest BCUT2D eigenvalue weighted by molar-refractivity contribution is 4.88. The third kappa shape index (κ3) is 5.73. The number of hydrogen-bond acceptors (Lipinski definition) is 2. The molecule has 0 saturated heterocycles. The first kappa shape index (κ1) is 18.0. The molecule has 0 amide bonds. The van der Waals surface area contributed by atoms with Gasteiger partial charge in [-0.05, 0) is 43.6 Å². The van der Waals surface area contributed by atoms with E-state index in [1.54, 1.807) is 0 Å². The predicted molar refractivity (Wildman–Crippen MR) is 90.2 cm³/mol. The van der Waals surface area contributed by atoms with Crippen molar-refractivity contribution >= 4 is 0 Å². The minimum Gasteiger partial charge on any atom is -0.313 e. The zero-order valence-corrected chi connectivity index (χ0v) is 14.7. The molecule has 1 saturated carbocycles. The number of nitrogens with one attached hydrogen (secondary N) is 1. The average molecular weight is 283 g/mol.